The van der Waals surface area contributed by atoms with Crippen LogP contribution >= 0.6 is 34.8 Å². The van der Waals surface area contributed by atoms with Gasteiger partial charge in [-0.15, -0.1) is 0 Å². The van der Waals surface area contributed by atoms with Gasteiger partial charge in [0.1, 0.15) is 6.42 Å². The van der Waals surface area contributed by atoms with Gasteiger partial charge in [0.05, 0.1) is 7.11 Å². The van der Waals surface area contributed by atoms with Crippen LogP contribution in [0.1, 0.15) is 12.8 Å². The van der Waals surface area contributed by atoms with Crippen LogP contribution in [0.25, 0.3) is 0 Å². The summed E-state index contributed by atoms with van der Waals surface area (Å²) in [7, 11) is 1.15. The zero-order chi connectivity index (χ0) is 11.0. The van der Waals surface area contributed by atoms with Crippen LogP contribution in [-0.2, 0) is 19.1 Å². The fraction of sp³-hybridized carbons (Fsp3) is 0.714. The minimum absolute atomic E-state index is 0.0211. The second kappa shape index (κ2) is 3.76. The number of alkyl halides is 3. The van der Waals surface area contributed by atoms with E-state index in [1.165, 1.54) is 0 Å². The Kier molecular flexibility index (Phi) is 3.19. The molecule has 80 valence electrons. The van der Waals surface area contributed by atoms with E-state index in [1.54, 1.807) is 0 Å². The van der Waals surface area contributed by atoms with Gasteiger partial charge in [-0.25, -0.2) is 4.79 Å². The molecule has 0 saturated carbocycles. The molecule has 1 aliphatic rings. The Bertz CT molecular complexity index is 268. The second-order valence-corrected chi connectivity index (χ2v) is 5.08. The van der Waals surface area contributed by atoms with E-state index in [2.05, 4.69) is 9.47 Å². The molecular weight excluding hydrogens is 254 g/mol. The predicted octanol–water partition coefficient (Wildman–Crippen LogP) is 1.61. The van der Waals surface area contributed by atoms with Crippen LogP contribution in [0.3, 0.4) is 0 Å². The van der Waals surface area contributed by atoms with Crippen molar-refractivity contribution in [2.45, 2.75) is 22.2 Å². The first-order valence-corrected chi connectivity index (χ1v) is 4.79. The molecule has 14 heavy (non-hydrogen) atoms. The van der Waals surface area contributed by atoms with Crippen molar-refractivity contribution in [3.05, 3.63) is 0 Å². The van der Waals surface area contributed by atoms with Gasteiger partial charge in [-0.3, -0.25) is 4.79 Å². The van der Waals surface area contributed by atoms with Crippen LogP contribution < -0.4 is 0 Å². The Balaban J connectivity index is 2.59. The normalized spacial score (nSPS) is 26.4. The molecule has 0 aromatic carbocycles. The minimum Gasteiger partial charge on any atom is -0.467 e. The van der Waals surface area contributed by atoms with Gasteiger partial charge in [-0.2, -0.15) is 0 Å². The lowest BCUT2D eigenvalue weighted by atomic mass is 10.1. The lowest BCUT2D eigenvalue weighted by molar-refractivity contribution is -0.178. The number of hydrogen-bond donors (Lipinski definition) is 0. The molecule has 0 aromatic heterocycles. The molecule has 1 unspecified atom stereocenters. The highest BCUT2D eigenvalue weighted by Crippen LogP contribution is 2.43. The van der Waals surface area contributed by atoms with E-state index < -0.39 is 21.3 Å². The molecule has 0 aromatic rings. The van der Waals surface area contributed by atoms with Crippen molar-refractivity contribution in [2.75, 3.05) is 7.11 Å². The highest BCUT2D eigenvalue weighted by Gasteiger charge is 2.52. The van der Waals surface area contributed by atoms with Gasteiger partial charge in [0.2, 0.25) is 4.33 Å². The lowest BCUT2D eigenvalue weighted by Crippen LogP contribution is -2.48. The number of ether oxygens (including phenoxy) is 2. The zero-order valence-electron chi connectivity index (χ0n) is 7.18. The Morgan fingerprint density at radius 3 is 2.57 bits per heavy atom. The summed E-state index contributed by atoms with van der Waals surface area (Å²) in [6, 6.07) is 0. The number of halogens is 3. The Labute approximate surface area is 95.4 Å². The maximum atomic E-state index is 11.0. The summed E-state index contributed by atoms with van der Waals surface area (Å²) in [4.78, 5) is 21.6. The summed E-state index contributed by atoms with van der Waals surface area (Å²) < 4.78 is 7.17. The van der Waals surface area contributed by atoms with Crippen LogP contribution in [-0.4, -0.2) is 28.4 Å². The molecule has 0 radical (unpaired) electrons. The molecule has 0 amide bonds. The Morgan fingerprint density at radius 2 is 2.21 bits per heavy atom. The zero-order valence-corrected chi connectivity index (χ0v) is 9.45. The molecule has 1 aliphatic heterocycles. The van der Waals surface area contributed by atoms with Crippen LogP contribution in [0.2, 0.25) is 0 Å². The van der Waals surface area contributed by atoms with Crippen LogP contribution in [0.5, 0.6) is 0 Å². The maximum Gasteiger partial charge on any atom is 0.342 e. The van der Waals surface area contributed by atoms with Crippen molar-refractivity contribution >= 4 is 46.7 Å². The summed E-state index contributed by atoms with van der Waals surface area (Å²) in [5.74, 6) is -1.28. The number of carbonyl (C=O) groups is 2. The lowest BCUT2D eigenvalue weighted by Gasteiger charge is -2.37. The summed E-state index contributed by atoms with van der Waals surface area (Å²) in [6.45, 7) is 0. The monoisotopic (exact) mass is 260 g/mol. The largest absolute Gasteiger partial charge is 0.467 e. The molecular formula is C7H7Cl3O4. The van der Waals surface area contributed by atoms with Gasteiger partial charge >= 0.3 is 11.9 Å². The summed E-state index contributed by atoms with van der Waals surface area (Å²) >= 11 is 17.1. The molecule has 1 rings (SSSR count). The molecule has 1 atom stereocenters. The Hall–Kier alpha value is -0.190. The summed E-state index contributed by atoms with van der Waals surface area (Å²) in [5, 5.41) is -1.28. The molecule has 1 heterocycles. The van der Waals surface area contributed by atoms with Gasteiger partial charge in [-0.1, -0.05) is 34.8 Å². The highest BCUT2D eigenvalue weighted by atomic mass is 35.5. The van der Waals surface area contributed by atoms with E-state index in [4.69, 9.17) is 34.8 Å². The van der Waals surface area contributed by atoms with Crippen LogP contribution in [0.15, 0.2) is 0 Å². The van der Waals surface area contributed by atoms with E-state index in [0.29, 0.717) is 0 Å². The fourth-order valence-electron chi connectivity index (χ4n) is 1.06. The van der Waals surface area contributed by atoms with E-state index in [1.807, 2.05) is 0 Å². The third-order valence-electron chi connectivity index (χ3n) is 1.68. The first-order chi connectivity index (χ1) is 6.29. The van der Waals surface area contributed by atoms with Gasteiger partial charge in [0.15, 0.2) is 5.06 Å². The molecule has 0 N–H and O–H groups in total. The molecule has 7 heteroatoms. The van der Waals surface area contributed by atoms with E-state index in [0.717, 1.165) is 7.11 Å². The number of hydrogen-bond acceptors (Lipinski definition) is 4. The van der Waals surface area contributed by atoms with Crippen LogP contribution in [0, 0.1) is 0 Å². The van der Waals surface area contributed by atoms with Gasteiger partial charge < -0.3 is 9.47 Å². The SMILES string of the molecule is COC(=O)C(Cl)(Cl)CC1(Cl)CC(=O)O1. The third-order valence-corrected chi connectivity index (χ3v) is 2.60. The van der Waals surface area contributed by atoms with Crippen LogP contribution in [0.4, 0.5) is 0 Å². The number of carbonyl (C=O) groups excluding carboxylic acids is 2. The van der Waals surface area contributed by atoms with Crippen molar-refractivity contribution in [3.63, 3.8) is 0 Å². The van der Waals surface area contributed by atoms with E-state index >= 15 is 0 Å². The first kappa shape index (κ1) is 11.9. The fourth-order valence-corrected chi connectivity index (χ4v) is 2.18. The predicted molar refractivity (Wildman–Crippen MR) is 50.4 cm³/mol. The number of cyclic esters (lactones) is 1. The Morgan fingerprint density at radius 1 is 1.71 bits per heavy atom. The number of rotatable bonds is 3. The number of methoxy groups -OCH3 is 1. The van der Waals surface area contributed by atoms with Gasteiger partial charge in [-0.05, 0) is 0 Å². The topological polar surface area (TPSA) is 52.6 Å². The molecule has 0 bridgehead atoms. The maximum absolute atomic E-state index is 11.0. The van der Waals surface area contributed by atoms with Crippen molar-refractivity contribution in [3.8, 4) is 0 Å². The quantitative estimate of drug-likeness (QED) is 0.572. The van der Waals surface area contributed by atoms with Crippen molar-refractivity contribution in [1.82, 2.24) is 0 Å². The summed E-state index contributed by atoms with van der Waals surface area (Å²) in [6.07, 6.45) is -0.226. The van der Waals surface area contributed by atoms with Crippen molar-refractivity contribution < 1.29 is 19.1 Å². The number of esters is 2. The molecule has 0 spiro atoms. The molecule has 1 fully saturated rings. The van der Waals surface area contributed by atoms with E-state index in [-0.39, 0.29) is 12.8 Å². The minimum atomic E-state index is -1.79. The molecule has 0 aliphatic carbocycles. The van der Waals surface area contributed by atoms with Gasteiger partial charge in [0, 0.05) is 6.42 Å². The standard InChI is InChI=1S/C7H7Cl3O4/c1-13-5(12)7(9,10)3-6(8)2-4(11)14-6/h2-3H2,1H3. The highest BCUT2D eigenvalue weighted by molar-refractivity contribution is 6.57. The van der Waals surface area contributed by atoms with Gasteiger partial charge in [0.25, 0.3) is 0 Å². The van der Waals surface area contributed by atoms with Crippen molar-refractivity contribution in [1.29, 1.82) is 0 Å². The average Bonchev–Trinajstić information content (AvgIpc) is 1.99. The van der Waals surface area contributed by atoms with E-state index in [9.17, 15) is 9.59 Å². The third kappa shape index (κ3) is 2.43. The smallest absolute Gasteiger partial charge is 0.342 e. The average molecular weight is 261 g/mol. The first-order valence-electron chi connectivity index (χ1n) is 3.66. The summed E-state index contributed by atoms with van der Waals surface area (Å²) in [5.41, 5.74) is 0. The molecule has 1 saturated heterocycles. The molecule has 4 nitrogen and oxygen atoms in total. The van der Waals surface area contributed by atoms with Crippen molar-refractivity contribution in [2.24, 2.45) is 0 Å². The second-order valence-electron chi connectivity index (χ2n) is 2.91.